The van der Waals surface area contributed by atoms with E-state index in [9.17, 15) is 4.79 Å². The molecule has 1 heterocycles. The third-order valence-corrected chi connectivity index (χ3v) is 2.24. The molecule has 0 aliphatic rings. The van der Waals surface area contributed by atoms with E-state index in [0.717, 1.165) is 16.8 Å². The van der Waals surface area contributed by atoms with Crippen LogP contribution < -0.4 is 5.56 Å². The highest BCUT2D eigenvalue weighted by molar-refractivity contribution is 5.59. The SMILES string of the molecule is [CH]Cc1cccc(-c2cccc(=O)[nH]2)c1. The van der Waals surface area contributed by atoms with Gasteiger partial charge in [0.15, 0.2) is 0 Å². The molecular weight excluding hydrogens is 186 g/mol. The maximum Gasteiger partial charge on any atom is 0.248 e. The summed E-state index contributed by atoms with van der Waals surface area (Å²) in [6, 6.07) is 12.9. The van der Waals surface area contributed by atoms with Gasteiger partial charge in [-0.3, -0.25) is 4.79 Å². The highest BCUT2D eigenvalue weighted by Crippen LogP contribution is 2.16. The van der Waals surface area contributed by atoms with Gasteiger partial charge in [-0.1, -0.05) is 24.3 Å². The third-order valence-electron chi connectivity index (χ3n) is 2.24. The first-order chi connectivity index (χ1) is 7.29. The van der Waals surface area contributed by atoms with E-state index in [4.69, 9.17) is 6.92 Å². The number of nitrogens with one attached hydrogen (secondary N) is 1. The van der Waals surface area contributed by atoms with Gasteiger partial charge in [-0.05, 0) is 36.6 Å². The largest absolute Gasteiger partial charge is 0.322 e. The van der Waals surface area contributed by atoms with Crippen LogP contribution in [0.5, 0.6) is 0 Å². The number of H-pyrrole nitrogens is 1. The Kier molecular flexibility index (Phi) is 2.68. The van der Waals surface area contributed by atoms with Crippen molar-refractivity contribution in [1.29, 1.82) is 0 Å². The molecule has 1 N–H and O–H groups in total. The van der Waals surface area contributed by atoms with E-state index in [1.54, 1.807) is 6.07 Å². The first-order valence-electron chi connectivity index (χ1n) is 4.78. The first kappa shape index (κ1) is 9.71. The molecule has 0 bridgehead atoms. The zero-order valence-corrected chi connectivity index (χ0v) is 8.23. The van der Waals surface area contributed by atoms with Crippen LogP contribution in [0.4, 0.5) is 0 Å². The van der Waals surface area contributed by atoms with Crippen molar-refractivity contribution in [2.24, 2.45) is 0 Å². The van der Waals surface area contributed by atoms with E-state index in [0.29, 0.717) is 6.42 Å². The predicted molar refractivity (Wildman–Crippen MR) is 60.5 cm³/mol. The Morgan fingerprint density at radius 2 is 1.93 bits per heavy atom. The van der Waals surface area contributed by atoms with Crippen molar-refractivity contribution < 1.29 is 0 Å². The number of pyridine rings is 1. The van der Waals surface area contributed by atoms with E-state index >= 15 is 0 Å². The molecule has 1 aromatic carbocycles. The molecule has 2 nitrogen and oxygen atoms in total. The number of aromatic nitrogens is 1. The lowest BCUT2D eigenvalue weighted by Gasteiger charge is -2.03. The molecule has 0 atom stereocenters. The van der Waals surface area contributed by atoms with E-state index in [1.807, 2.05) is 30.3 Å². The highest BCUT2D eigenvalue weighted by atomic mass is 16.1. The molecule has 1 aromatic heterocycles. The molecule has 0 aliphatic carbocycles. The maximum absolute atomic E-state index is 11.1. The van der Waals surface area contributed by atoms with Crippen LogP contribution in [0, 0.1) is 6.92 Å². The van der Waals surface area contributed by atoms with Crippen molar-refractivity contribution >= 4 is 0 Å². The fraction of sp³-hybridized carbons (Fsp3) is 0.0769. The number of rotatable bonds is 2. The number of hydrogen-bond acceptors (Lipinski definition) is 1. The molecule has 2 radical (unpaired) electrons. The van der Waals surface area contributed by atoms with Crippen molar-refractivity contribution in [2.45, 2.75) is 6.42 Å². The Hall–Kier alpha value is -1.83. The highest BCUT2D eigenvalue weighted by Gasteiger charge is 1.98. The fourth-order valence-electron chi connectivity index (χ4n) is 1.48. The van der Waals surface area contributed by atoms with Crippen LogP contribution in [0.1, 0.15) is 5.56 Å². The molecule has 0 saturated heterocycles. The van der Waals surface area contributed by atoms with E-state index in [1.165, 1.54) is 6.07 Å². The lowest BCUT2D eigenvalue weighted by atomic mass is 10.1. The third kappa shape index (κ3) is 2.15. The quantitative estimate of drug-likeness (QED) is 0.787. The van der Waals surface area contributed by atoms with Crippen LogP contribution >= 0.6 is 0 Å². The Labute approximate surface area is 88.6 Å². The van der Waals surface area contributed by atoms with Crippen LogP contribution in [0.15, 0.2) is 47.3 Å². The summed E-state index contributed by atoms with van der Waals surface area (Å²) in [7, 11) is 0. The smallest absolute Gasteiger partial charge is 0.248 e. The zero-order chi connectivity index (χ0) is 10.7. The number of benzene rings is 1. The van der Waals surface area contributed by atoms with E-state index in [2.05, 4.69) is 4.98 Å². The Balaban J connectivity index is 2.49. The summed E-state index contributed by atoms with van der Waals surface area (Å²) in [4.78, 5) is 13.9. The van der Waals surface area contributed by atoms with Gasteiger partial charge in [-0.2, -0.15) is 0 Å². The van der Waals surface area contributed by atoms with Gasteiger partial charge < -0.3 is 4.98 Å². The van der Waals surface area contributed by atoms with Crippen molar-refractivity contribution in [1.82, 2.24) is 4.98 Å². The molecule has 0 aliphatic heterocycles. The maximum atomic E-state index is 11.1. The first-order valence-corrected chi connectivity index (χ1v) is 4.78. The monoisotopic (exact) mass is 197 g/mol. The second-order valence-electron chi connectivity index (χ2n) is 3.33. The summed E-state index contributed by atoms with van der Waals surface area (Å²) in [6.45, 7) is 5.55. The summed E-state index contributed by atoms with van der Waals surface area (Å²) in [5.41, 5.74) is 2.76. The van der Waals surface area contributed by atoms with Gasteiger partial charge in [-0.15, -0.1) is 0 Å². The fourth-order valence-corrected chi connectivity index (χ4v) is 1.48. The molecule has 2 rings (SSSR count). The Morgan fingerprint density at radius 3 is 2.67 bits per heavy atom. The summed E-state index contributed by atoms with van der Waals surface area (Å²) in [6.07, 6.45) is 0.505. The van der Waals surface area contributed by atoms with Crippen molar-refractivity contribution in [3.63, 3.8) is 0 Å². The molecule has 0 amide bonds. The van der Waals surface area contributed by atoms with Crippen molar-refractivity contribution in [2.75, 3.05) is 0 Å². The van der Waals surface area contributed by atoms with E-state index in [-0.39, 0.29) is 5.56 Å². The minimum absolute atomic E-state index is 0.0920. The van der Waals surface area contributed by atoms with Crippen LogP contribution in [-0.2, 0) is 6.42 Å². The van der Waals surface area contributed by atoms with Gasteiger partial charge in [-0.25, -0.2) is 0 Å². The minimum Gasteiger partial charge on any atom is -0.322 e. The second-order valence-corrected chi connectivity index (χ2v) is 3.33. The van der Waals surface area contributed by atoms with Gasteiger partial charge in [0.2, 0.25) is 5.56 Å². The van der Waals surface area contributed by atoms with Gasteiger partial charge in [0.05, 0.1) is 0 Å². The average molecular weight is 197 g/mol. The number of hydrogen-bond donors (Lipinski definition) is 1. The average Bonchev–Trinajstić information content (AvgIpc) is 2.29. The lowest BCUT2D eigenvalue weighted by Crippen LogP contribution is -2.03. The lowest BCUT2D eigenvalue weighted by molar-refractivity contribution is 1.23. The van der Waals surface area contributed by atoms with Crippen LogP contribution in [0.25, 0.3) is 11.3 Å². The van der Waals surface area contributed by atoms with Gasteiger partial charge in [0.1, 0.15) is 0 Å². The van der Waals surface area contributed by atoms with Crippen molar-refractivity contribution in [3.8, 4) is 11.3 Å². The van der Waals surface area contributed by atoms with Crippen LogP contribution in [-0.4, -0.2) is 4.98 Å². The summed E-state index contributed by atoms with van der Waals surface area (Å²) < 4.78 is 0. The van der Waals surface area contributed by atoms with Gasteiger partial charge >= 0.3 is 0 Å². The molecule has 2 aromatic rings. The summed E-state index contributed by atoms with van der Waals surface area (Å²) in [5.74, 6) is 0. The summed E-state index contributed by atoms with van der Waals surface area (Å²) in [5, 5.41) is 0. The Bertz CT molecular complexity index is 514. The summed E-state index contributed by atoms with van der Waals surface area (Å²) >= 11 is 0. The van der Waals surface area contributed by atoms with Crippen molar-refractivity contribution in [3.05, 3.63) is 65.3 Å². The predicted octanol–water partition coefficient (Wildman–Crippen LogP) is 2.30. The molecule has 74 valence electrons. The molecule has 15 heavy (non-hydrogen) atoms. The van der Waals surface area contributed by atoms with Crippen LogP contribution in [0.2, 0.25) is 0 Å². The minimum atomic E-state index is -0.0920. The van der Waals surface area contributed by atoms with E-state index < -0.39 is 0 Å². The normalized spacial score (nSPS) is 10.2. The Morgan fingerprint density at radius 1 is 1.13 bits per heavy atom. The second kappa shape index (κ2) is 4.13. The molecule has 0 saturated carbocycles. The molecule has 0 unspecified atom stereocenters. The topological polar surface area (TPSA) is 32.9 Å². The molecule has 0 spiro atoms. The number of aromatic amines is 1. The molecule has 0 fully saturated rings. The standard InChI is InChI=1S/C13H11NO/c1-2-10-5-3-6-11(9-10)12-7-4-8-13(15)14-12/h1,3-9H,2H2,(H,14,15). The molecule has 2 heteroatoms. The van der Waals surface area contributed by atoms with Crippen LogP contribution in [0.3, 0.4) is 0 Å². The molecular formula is C13H11NO. The zero-order valence-electron chi connectivity index (χ0n) is 8.23. The van der Waals surface area contributed by atoms with Gasteiger partial charge in [0, 0.05) is 11.8 Å². The van der Waals surface area contributed by atoms with Gasteiger partial charge in [0.25, 0.3) is 0 Å².